The second-order valence-electron chi connectivity index (χ2n) is 5.57. The summed E-state index contributed by atoms with van der Waals surface area (Å²) in [4.78, 5) is 47.6. The summed E-state index contributed by atoms with van der Waals surface area (Å²) in [6, 6.07) is 0. The highest BCUT2D eigenvalue weighted by Crippen LogP contribution is 2.03. The number of carboxylic acid groups (broad SMARTS) is 2. The van der Waals surface area contributed by atoms with Crippen molar-refractivity contribution in [3.05, 3.63) is 24.3 Å². The maximum Gasteiger partial charge on any atom is 0.328 e. The molecule has 9 nitrogen and oxygen atoms in total. The van der Waals surface area contributed by atoms with E-state index in [2.05, 4.69) is 0 Å². The third kappa shape index (κ3) is 10.2. The Kier molecular flexibility index (Phi) is 11.3. The number of carbonyl (C=O) groups excluding carboxylic acids is 2. The molecule has 2 amide bonds. The summed E-state index contributed by atoms with van der Waals surface area (Å²) in [6.45, 7) is 4.15. The monoisotopic (exact) mass is 370 g/mol. The number of carbonyl (C=O) groups is 4. The summed E-state index contributed by atoms with van der Waals surface area (Å²) in [5.41, 5.74) is 0. The summed E-state index contributed by atoms with van der Waals surface area (Å²) in [5.74, 6) is -3.60. The van der Waals surface area contributed by atoms with Gasteiger partial charge in [-0.25, -0.2) is 9.59 Å². The van der Waals surface area contributed by atoms with Crippen LogP contribution in [-0.4, -0.2) is 81.2 Å². The molecular formula is C17H26N2O7. The first-order valence-electron chi connectivity index (χ1n) is 8.29. The average Bonchev–Trinajstić information content (AvgIpc) is 2.56. The number of nitrogens with zero attached hydrogens (tertiary/aromatic N) is 2. The largest absolute Gasteiger partial charge is 0.478 e. The first-order valence-corrected chi connectivity index (χ1v) is 8.29. The quantitative estimate of drug-likeness (QED) is 0.415. The maximum absolute atomic E-state index is 12.0. The highest BCUT2D eigenvalue weighted by atomic mass is 16.4. The Balaban J connectivity index is 4.95. The van der Waals surface area contributed by atoms with Gasteiger partial charge in [-0.1, -0.05) is 13.8 Å². The zero-order valence-electron chi connectivity index (χ0n) is 15.0. The van der Waals surface area contributed by atoms with E-state index in [1.807, 2.05) is 13.8 Å². The molecular weight excluding hydrogens is 344 g/mol. The number of aliphatic hydroxyl groups is 1. The second kappa shape index (κ2) is 12.6. The molecule has 0 unspecified atom stereocenters. The van der Waals surface area contributed by atoms with E-state index in [0.717, 1.165) is 24.3 Å². The lowest BCUT2D eigenvalue weighted by Crippen LogP contribution is -2.44. The highest BCUT2D eigenvalue weighted by Gasteiger charge is 2.20. The van der Waals surface area contributed by atoms with Crippen molar-refractivity contribution in [3.63, 3.8) is 0 Å². The van der Waals surface area contributed by atoms with E-state index in [0.29, 0.717) is 25.9 Å². The molecule has 0 saturated carbocycles. The molecule has 0 aliphatic rings. The van der Waals surface area contributed by atoms with Crippen LogP contribution >= 0.6 is 0 Å². The lowest BCUT2D eigenvalue weighted by Gasteiger charge is -2.28. The van der Waals surface area contributed by atoms with Crippen molar-refractivity contribution in [1.29, 1.82) is 0 Å². The fourth-order valence-electron chi connectivity index (χ4n) is 2.19. The van der Waals surface area contributed by atoms with E-state index in [4.69, 9.17) is 10.2 Å². The van der Waals surface area contributed by atoms with Crippen LogP contribution in [0, 0.1) is 0 Å². The minimum absolute atomic E-state index is 0.0766. The van der Waals surface area contributed by atoms with Crippen LogP contribution in [0.2, 0.25) is 0 Å². The zero-order chi connectivity index (χ0) is 20.1. The average molecular weight is 370 g/mol. The Morgan fingerprint density at radius 1 is 0.769 bits per heavy atom. The van der Waals surface area contributed by atoms with Crippen LogP contribution < -0.4 is 0 Å². The van der Waals surface area contributed by atoms with Crippen LogP contribution in [0.4, 0.5) is 0 Å². The van der Waals surface area contributed by atoms with Gasteiger partial charge in [-0.2, -0.15) is 0 Å². The van der Waals surface area contributed by atoms with E-state index in [9.17, 15) is 24.3 Å². The van der Waals surface area contributed by atoms with Gasteiger partial charge in [0.2, 0.25) is 11.8 Å². The molecule has 0 rings (SSSR count). The minimum Gasteiger partial charge on any atom is -0.478 e. The number of amides is 2. The Morgan fingerprint density at radius 3 is 1.38 bits per heavy atom. The molecule has 26 heavy (non-hydrogen) atoms. The predicted octanol–water partition coefficient (Wildman–Crippen LogP) is 0.106. The number of rotatable bonds is 12. The van der Waals surface area contributed by atoms with Crippen LogP contribution in [0.5, 0.6) is 0 Å². The van der Waals surface area contributed by atoms with Crippen LogP contribution in [0.1, 0.15) is 26.7 Å². The predicted molar refractivity (Wildman–Crippen MR) is 93.3 cm³/mol. The van der Waals surface area contributed by atoms with Crippen molar-refractivity contribution < 1.29 is 34.5 Å². The molecule has 3 N–H and O–H groups in total. The van der Waals surface area contributed by atoms with Gasteiger partial charge in [0.1, 0.15) is 0 Å². The van der Waals surface area contributed by atoms with E-state index in [1.165, 1.54) is 9.80 Å². The molecule has 0 radical (unpaired) electrons. The Morgan fingerprint density at radius 2 is 1.12 bits per heavy atom. The molecule has 146 valence electrons. The molecule has 0 aromatic rings. The first kappa shape index (κ1) is 23.3. The lowest BCUT2D eigenvalue weighted by molar-refractivity contribution is -0.133. The van der Waals surface area contributed by atoms with Crippen LogP contribution in [0.3, 0.4) is 0 Å². The molecule has 0 aliphatic heterocycles. The third-order valence-corrected chi connectivity index (χ3v) is 3.21. The SMILES string of the molecule is CCCN(CC(O)CN(CCC)C(=O)/C=C\C(=O)O)C(=O)/C=C\C(=O)O. The smallest absolute Gasteiger partial charge is 0.328 e. The van der Waals surface area contributed by atoms with Crippen molar-refractivity contribution in [2.24, 2.45) is 0 Å². The lowest BCUT2D eigenvalue weighted by atomic mass is 10.2. The highest BCUT2D eigenvalue weighted by molar-refractivity contribution is 5.94. The molecule has 0 heterocycles. The van der Waals surface area contributed by atoms with Gasteiger partial charge in [0.05, 0.1) is 6.10 Å². The molecule has 0 bridgehead atoms. The normalized spacial score (nSPS) is 11.2. The first-order chi connectivity index (χ1) is 12.2. The Bertz CT molecular complexity index is 509. The molecule has 0 aromatic carbocycles. The van der Waals surface area contributed by atoms with Crippen molar-refractivity contribution >= 4 is 23.8 Å². The minimum atomic E-state index is -1.25. The third-order valence-electron chi connectivity index (χ3n) is 3.21. The van der Waals surface area contributed by atoms with Gasteiger partial charge >= 0.3 is 11.9 Å². The summed E-state index contributed by atoms with van der Waals surface area (Å²) < 4.78 is 0. The summed E-state index contributed by atoms with van der Waals surface area (Å²) >= 11 is 0. The van der Waals surface area contributed by atoms with E-state index >= 15 is 0 Å². The van der Waals surface area contributed by atoms with Crippen molar-refractivity contribution in [2.75, 3.05) is 26.2 Å². The number of carboxylic acids is 2. The van der Waals surface area contributed by atoms with Crippen LogP contribution in [0.15, 0.2) is 24.3 Å². The van der Waals surface area contributed by atoms with Crippen molar-refractivity contribution in [2.45, 2.75) is 32.8 Å². The van der Waals surface area contributed by atoms with Gasteiger partial charge in [-0.15, -0.1) is 0 Å². The fourth-order valence-corrected chi connectivity index (χ4v) is 2.19. The molecule has 0 fully saturated rings. The van der Waals surface area contributed by atoms with Gasteiger partial charge in [-0.3, -0.25) is 9.59 Å². The fraction of sp³-hybridized carbons (Fsp3) is 0.529. The Hall–Kier alpha value is -2.68. The Labute approximate surface area is 152 Å². The second-order valence-corrected chi connectivity index (χ2v) is 5.57. The maximum atomic E-state index is 12.0. The van der Waals surface area contributed by atoms with Gasteiger partial charge in [-0.05, 0) is 12.8 Å². The van der Waals surface area contributed by atoms with Gasteiger partial charge < -0.3 is 25.1 Å². The summed E-state index contributed by atoms with van der Waals surface area (Å²) in [5, 5.41) is 27.4. The van der Waals surface area contributed by atoms with Gasteiger partial charge in [0.15, 0.2) is 0 Å². The zero-order valence-corrected chi connectivity index (χ0v) is 15.0. The van der Waals surface area contributed by atoms with E-state index in [1.54, 1.807) is 0 Å². The number of hydrogen-bond acceptors (Lipinski definition) is 5. The molecule has 0 atom stereocenters. The number of hydrogen-bond donors (Lipinski definition) is 3. The van der Waals surface area contributed by atoms with E-state index in [-0.39, 0.29) is 13.1 Å². The molecule has 0 spiro atoms. The molecule has 0 aromatic heterocycles. The van der Waals surface area contributed by atoms with E-state index < -0.39 is 29.9 Å². The van der Waals surface area contributed by atoms with Crippen molar-refractivity contribution in [1.82, 2.24) is 9.80 Å². The van der Waals surface area contributed by atoms with Gasteiger partial charge in [0, 0.05) is 50.5 Å². The summed E-state index contributed by atoms with van der Waals surface area (Å²) in [6.07, 6.45) is 3.43. The van der Waals surface area contributed by atoms with Crippen LogP contribution in [0.25, 0.3) is 0 Å². The topological polar surface area (TPSA) is 135 Å². The number of aliphatic hydroxyl groups excluding tert-OH is 1. The standard InChI is InChI=1S/C17H26N2O7/c1-3-9-18(14(21)5-7-16(23)24)11-13(20)12-19(10-4-2)15(22)6-8-17(25)26/h5-8,13,20H,3-4,9-12H2,1-2H3,(H,23,24)(H,25,26)/b7-5-,8-6-. The summed E-state index contributed by atoms with van der Waals surface area (Å²) in [7, 11) is 0. The van der Waals surface area contributed by atoms with Crippen molar-refractivity contribution in [3.8, 4) is 0 Å². The molecule has 0 aliphatic carbocycles. The molecule has 9 heteroatoms. The van der Waals surface area contributed by atoms with Crippen LogP contribution in [-0.2, 0) is 19.2 Å². The number of aliphatic carboxylic acids is 2. The molecule has 0 saturated heterocycles. The van der Waals surface area contributed by atoms with Gasteiger partial charge in [0.25, 0.3) is 0 Å².